The van der Waals surface area contributed by atoms with Gasteiger partial charge in [0.1, 0.15) is 0 Å². The van der Waals surface area contributed by atoms with Gasteiger partial charge in [-0.2, -0.15) is 0 Å². The maximum atomic E-state index is 11.0. The van der Waals surface area contributed by atoms with Crippen LogP contribution >= 0.6 is 0 Å². The van der Waals surface area contributed by atoms with Crippen molar-refractivity contribution in [3.8, 4) is 11.8 Å². The average Bonchev–Trinajstić information content (AvgIpc) is 2.65. The van der Waals surface area contributed by atoms with Crippen molar-refractivity contribution in [1.82, 2.24) is 0 Å². The number of esters is 1. The lowest BCUT2D eigenvalue weighted by Crippen LogP contribution is -2.41. The molecule has 1 saturated heterocycles. The minimum atomic E-state index is -0.551. The van der Waals surface area contributed by atoms with E-state index < -0.39 is 13.1 Å². The van der Waals surface area contributed by atoms with Crippen LogP contribution in [0.5, 0.6) is 0 Å². The maximum absolute atomic E-state index is 11.0. The highest BCUT2D eigenvalue weighted by Crippen LogP contribution is 2.36. The first-order chi connectivity index (χ1) is 9.75. The van der Waals surface area contributed by atoms with Gasteiger partial charge in [0.05, 0.1) is 18.3 Å². The molecule has 0 radical (unpaired) electrons. The van der Waals surface area contributed by atoms with Crippen LogP contribution in [0.4, 0.5) is 0 Å². The predicted molar refractivity (Wildman–Crippen MR) is 81.1 cm³/mol. The van der Waals surface area contributed by atoms with Crippen molar-refractivity contribution in [1.29, 1.82) is 0 Å². The molecule has 1 fully saturated rings. The van der Waals surface area contributed by atoms with E-state index in [0.717, 1.165) is 11.0 Å². The first kappa shape index (κ1) is 15.6. The van der Waals surface area contributed by atoms with E-state index >= 15 is 0 Å². The zero-order valence-corrected chi connectivity index (χ0v) is 13.0. The molecule has 2 rings (SSSR count). The van der Waals surface area contributed by atoms with Crippen molar-refractivity contribution in [2.45, 2.75) is 38.9 Å². The van der Waals surface area contributed by atoms with E-state index in [-0.39, 0.29) is 11.2 Å². The van der Waals surface area contributed by atoms with E-state index in [0.29, 0.717) is 0 Å². The molecule has 1 aromatic rings. The van der Waals surface area contributed by atoms with E-state index in [1.807, 2.05) is 52.0 Å². The van der Waals surface area contributed by atoms with E-state index in [1.165, 1.54) is 7.11 Å². The lowest BCUT2D eigenvalue weighted by Gasteiger charge is -2.32. The molecular weight excluding hydrogens is 267 g/mol. The normalized spacial score (nSPS) is 18.8. The molecule has 0 spiro atoms. The Balaban J connectivity index is 2.13. The van der Waals surface area contributed by atoms with E-state index in [9.17, 15) is 4.79 Å². The summed E-state index contributed by atoms with van der Waals surface area (Å²) in [5.74, 6) is 4.58. The van der Waals surface area contributed by atoms with Gasteiger partial charge in [-0.15, -0.1) is 0 Å². The number of hydrogen-bond acceptors (Lipinski definition) is 4. The molecule has 21 heavy (non-hydrogen) atoms. The van der Waals surface area contributed by atoms with Crippen LogP contribution in [0, 0.1) is 11.8 Å². The number of hydrogen-bond donors (Lipinski definition) is 0. The third-order valence-electron chi connectivity index (χ3n) is 3.93. The van der Waals surface area contributed by atoms with E-state index in [4.69, 9.17) is 9.31 Å². The summed E-state index contributed by atoms with van der Waals surface area (Å²) in [6.07, 6.45) is 0. The van der Waals surface area contributed by atoms with Crippen LogP contribution in [0.3, 0.4) is 0 Å². The van der Waals surface area contributed by atoms with Gasteiger partial charge in [-0.1, -0.05) is 18.1 Å². The van der Waals surface area contributed by atoms with Crippen molar-refractivity contribution < 1.29 is 18.8 Å². The molecular formula is C16H19BO4. The largest absolute Gasteiger partial charge is 0.494 e. The molecule has 1 aliphatic heterocycles. The number of carbonyl (C=O) groups excluding carboxylic acids is 1. The van der Waals surface area contributed by atoms with Crippen LogP contribution in [0.25, 0.3) is 0 Å². The molecule has 4 nitrogen and oxygen atoms in total. The van der Waals surface area contributed by atoms with Gasteiger partial charge in [0.25, 0.3) is 0 Å². The molecule has 0 atom stereocenters. The third-order valence-corrected chi connectivity index (χ3v) is 3.93. The minimum absolute atomic E-state index is 0.360. The Morgan fingerprint density at radius 2 is 1.62 bits per heavy atom. The molecule has 0 aliphatic carbocycles. The first-order valence-corrected chi connectivity index (χ1v) is 6.81. The molecule has 1 aliphatic rings. The summed E-state index contributed by atoms with van der Waals surface area (Å²) in [4.78, 5) is 11.0. The smallest absolute Gasteiger partial charge is 0.459 e. The van der Waals surface area contributed by atoms with Crippen LogP contribution in [0.15, 0.2) is 24.3 Å². The van der Waals surface area contributed by atoms with Crippen molar-refractivity contribution in [2.24, 2.45) is 0 Å². The number of rotatable bonds is 1. The molecule has 0 saturated carbocycles. The Hall–Kier alpha value is -1.77. The predicted octanol–water partition coefficient (Wildman–Crippen LogP) is 1.51. The highest BCUT2D eigenvalue weighted by molar-refractivity contribution is 6.62. The highest BCUT2D eigenvalue weighted by atomic mass is 16.7. The summed E-state index contributed by atoms with van der Waals surface area (Å²) in [6, 6.07) is 7.44. The zero-order chi connectivity index (χ0) is 15.7. The van der Waals surface area contributed by atoms with Gasteiger partial charge in [0, 0.05) is 11.5 Å². The number of carbonyl (C=O) groups is 1. The molecule has 1 aromatic carbocycles. The van der Waals surface area contributed by atoms with Gasteiger partial charge in [-0.05, 0) is 45.3 Å². The Morgan fingerprint density at radius 1 is 1.10 bits per heavy atom. The quantitative estimate of drug-likeness (QED) is 0.446. The van der Waals surface area contributed by atoms with Gasteiger partial charge in [0.15, 0.2) is 0 Å². The summed E-state index contributed by atoms with van der Waals surface area (Å²) in [7, 11) is 0.913. The lowest BCUT2D eigenvalue weighted by atomic mass is 9.79. The molecule has 0 bridgehead atoms. The fourth-order valence-electron chi connectivity index (χ4n) is 1.88. The van der Waals surface area contributed by atoms with Crippen molar-refractivity contribution >= 4 is 18.6 Å². The second kappa shape index (κ2) is 5.55. The number of benzene rings is 1. The average molecular weight is 286 g/mol. The summed E-state index contributed by atoms with van der Waals surface area (Å²) in [6.45, 7) is 8.07. The minimum Gasteiger partial charge on any atom is -0.459 e. The van der Waals surface area contributed by atoms with Gasteiger partial charge in [-0.3, -0.25) is 0 Å². The standard InChI is InChI=1S/C16H19BO4/c1-15(2)16(3,4)21-17(20-15)13-9-6-12(7-10-13)8-11-14(18)19-5/h6-7,9-10H,1-5H3. The summed E-state index contributed by atoms with van der Waals surface area (Å²) in [5, 5.41) is 0. The van der Waals surface area contributed by atoms with Crippen LogP contribution in [-0.2, 0) is 18.8 Å². The van der Waals surface area contributed by atoms with Crippen molar-refractivity contribution in [3.63, 3.8) is 0 Å². The number of ether oxygens (including phenoxy) is 1. The van der Waals surface area contributed by atoms with Crippen LogP contribution in [0.1, 0.15) is 33.3 Å². The summed E-state index contributed by atoms with van der Waals surface area (Å²) >= 11 is 0. The van der Waals surface area contributed by atoms with Gasteiger partial charge >= 0.3 is 13.1 Å². The zero-order valence-electron chi connectivity index (χ0n) is 13.0. The molecule has 110 valence electrons. The van der Waals surface area contributed by atoms with Crippen molar-refractivity contribution in [2.75, 3.05) is 7.11 Å². The molecule has 0 N–H and O–H groups in total. The van der Waals surface area contributed by atoms with Crippen LogP contribution in [0.2, 0.25) is 0 Å². The molecule has 0 amide bonds. The fraction of sp³-hybridized carbons (Fsp3) is 0.438. The molecule has 0 unspecified atom stereocenters. The van der Waals surface area contributed by atoms with Crippen molar-refractivity contribution in [3.05, 3.63) is 29.8 Å². The highest BCUT2D eigenvalue weighted by Gasteiger charge is 2.51. The lowest BCUT2D eigenvalue weighted by molar-refractivity contribution is -0.133. The second-order valence-corrected chi connectivity index (χ2v) is 5.95. The monoisotopic (exact) mass is 286 g/mol. The summed E-state index contributed by atoms with van der Waals surface area (Å²) in [5.41, 5.74) is 0.945. The first-order valence-electron chi connectivity index (χ1n) is 6.81. The van der Waals surface area contributed by atoms with Crippen LogP contribution < -0.4 is 5.46 Å². The third kappa shape index (κ3) is 3.29. The SMILES string of the molecule is COC(=O)C#Cc1ccc(B2OC(C)(C)C(C)(C)O2)cc1. The fourth-order valence-corrected chi connectivity index (χ4v) is 1.88. The van der Waals surface area contributed by atoms with E-state index in [2.05, 4.69) is 16.6 Å². The molecule has 0 aromatic heterocycles. The second-order valence-electron chi connectivity index (χ2n) is 5.95. The molecule has 5 heteroatoms. The summed E-state index contributed by atoms with van der Waals surface area (Å²) < 4.78 is 16.4. The Bertz CT molecular complexity index is 577. The van der Waals surface area contributed by atoms with Gasteiger partial charge in [-0.25, -0.2) is 4.79 Å². The maximum Gasteiger partial charge on any atom is 0.494 e. The Labute approximate surface area is 125 Å². The number of methoxy groups -OCH3 is 1. The van der Waals surface area contributed by atoms with Crippen LogP contribution in [-0.4, -0.2) is 31.4 Å². The molecule has 1 heterocycles. The Morgan fingerprint density at radius 3 is 2.10 bits per heavy atom. The van der Waals surface area contributed by atoms with Gasteiger partial charge < -0.3 is 14.0 Å². The van der Waals surface area contributed by atoms with Gasteiger partial charge in [0.2, 0.25) is 0 Å². The topological polar surface area (TPSA) is 44.8 Å². The van der Waals surface area contributed by atoms with E-state index in [1.54, 1.807) is 0 Å². The Kier molecular flexibility index (Phi) is 4.13.